The van der Waals surface area contributed by atoms with Crippen LogP contribution in [0.5, 0.6) is 0 Å². The van der Waals surface area contributed by atoms with Crippen LogP contribution in [-0.2, 0) is 4.79 Å². The van der Waals surface area contributed by atoms with Crippen molar-refractivity contribution in [2.75, 3.05) is 5.32 Å². The van der Waals surface area contributed by atoms with Crippen molar-refractivity contribution in [3.63, 3.8) is 0 Å². The zero-order valence-electron chi connectivity index (χ0n) is 15.1. The molecule has 0 aliphatic carbocycles. The number of carbonyl (C=O) groups is 1. The lowest BCUT2D eigenvalue weighted by Gasteiger charge is -2.28. The molecule has 1 amide bonds. The molecule has 26 heavy (non-hydrogen) atoms. The van der Waals surface area contributed by atoms with Gasteiger partial charge in [0.15, 0.2) is 0 Å². The summed E-state index contributed by atoms with van der Waals surface area (Å²) in [5, 5.41) is 16.4. The molecule has 7 heteroatoms. The SMILES string of the molecule is Cc1cc(C)cc(-c2nnc(NC(=O)CC3CC4CCC(C3)N4)s2)c1.Cl. The fourth-order valence-electron chi connectivity index (χ4n) is 4.26. The third-order valence-corrected chi connectivity index (χ3v) is 6.07. The van der Waals surface area contributed by atoms with Crippen molar-refractivity contribution >= 4 is 34.8 Å². The summed E-state index contributed by atoms with van der Waals surface area (Å²) in [5.41, 5.74) is 3.47. The molecule has 2 fully saturated rings. The molecule has 2 saturated heterocycles. The van der Waals surface area contributed by atoms with E-state index in [9.17, 15) is 4.79 Å². The number of aromatic nitrogens is 2. The number of fused-ring (bicyclic) bond motifs is 2. The minimum Gasteiger partial charge on any atom is -0.311 e. The van der Waals surface area contributed by atoms with Crippen molar-refractivity contribution in [3.05, 3.63) is 29.3 Å². The maximum absolute atomic E-state index is 12.4. The Morgan fingerprint density at radius 1 is 1.15 bits per heavy atom. The lowest BCUT2D eigenvalue weighted by Crippen LogP contribution is -2.39. The molecule has 2 bridgehead atoms. The maximum atomic E-state index is 12.4. The van der Waals surface area contributed by atoms with Gasteiger partial charge in [-0.2, -0.15) is 0 Å². The highest BCUT2D eigenvalue weighted by Gasteiger charge is 2.34. The average molecular weight is 393 g/mol. The molecule has 4 rings (SSSR count). The third-order valence-electron chi connectivity index (χ3n) is 5.18. The number of amides is 1. The molecule has 3 heterocycles. The Labute approximate surface area is 164 Å². The van der Waals surface area contributed by atoms with Gasteiger partial charge >= 0.3 is 0 Å². The van der Waals surface area contributed by atoms with Crippen molar-refractivity contribution in [2.24, 2.45) is 5.92 Å². The van der Waals surface area contributed by atoms with E-state index in [0.717, 1.165) is 23.4 Å². The number of anilines is 1. The number of piperidine rings is 1. The van der Waals surface area contributed by atoms with Gasteiger partial charge in [0.05, 0.1) is 0 Å². The van der Waals surface area contributed by atoms with E-state index >= 15 is 0 Å². The topological polar surface area (TPSA) is 66.9 Å². The first kappa shape index (κ1) is 19.3. The Balaban J connectivity index is 0.00000196. The van der Waals surface area contributed by atoms with E-state index in [1.54, 1.807) is 0 Å². The Hall–Kier alpha value is -1.50. The summed E-state index contributed by atoms with van der Waals surface area (Å²) in [5.74, 6) is 0.556. The van der Waals surface area contributed by atoms with Gasteiger partial charge in [0, 0.05) is 24.1 Å². The molecule has 2 aromatic rings. The highest BCUT2D eigenvalue weighted by Crippen LogP contribution is 2.33. The van der Waals surface area contributed by atoms with Crippen LogP contribution in [0.3, 0.4) is 0 Å². The van der Waals surface area contributed by atoms with E-state index in [-0.39, 0.29) is 18.3 Å². The largest absolute Gasteiger partial charge is 0.311 e. The summed E-state index contributed by atoms with van der Waals surface area (Å²) < 4.78 is 0. The Morgan fingerprint density at radius 3 is 2.46 bits per heavy atom. The van der Waals surface area contributed by atoms with E-state index in [0.29, 0.717) is 29.6 Å². The zero-order chi connectivity index (χ0) is 17.4. The Morgan fingerprint density at radius 2 is 1.81 bits per heavy atom. The van der Waals surface area contributed by atoms with Crippen LogP contribution in [0.25, 0.3) is 10.6 Å². The Bertz CT molecular complexity index is 761. The van der Waals surface area contributed by atoms with E-state index < -0.39 is 0 Å². The third kappa shape index (κ3) is 4.42. The number of nitrogens with one attached hydrogen (secondary N) is 2. The zero-order valence-corrected chi connectivity index (χ0v) is 16.8. The summed E-state index contributed by atoms with van der Waals surface area (Å²) in [7, 11) is 0. The fourth-order valence-corrected chi connectivity index (χ4v) is 5.01. The lowest BCUT2D eigenvalue weighted by atomic mass is 9.89. The van der Waals surface area contributed by atoms with Gasteiger partial charge < -0.3 is 10.6 Å². The van der Waals surface area contributed by atoms with Gasteiger partial charge in [0.25, 0.3) is 0 Å². The summed E-state index contributed by atoms with van der Waals surface area (Å²) >= 11 is 1.44. The van der Waals surface area contributed by atoms with Crippen molar-refractivity contribution in [3.8, 4) is 10.6 Å². The van der Waals surface area contributed by atoms with Crippen LogP contribution in [0.15, 0.2) is 18.2 Å². The summed E-state index contributed by atoms with van der Waals surface area (Å²) in [6.45, 7) is 4.15. The molecule has 2 unspecified atom stereocenters. The first-order chi connectivity index (χ1) is 12.0. The number of aryl methyl sites for hydroxylation is 2. The molecule has 140 valence electrons. The fraction of sp³-hybridized carbons (Fsp3) is 0.526. The predicted molar refractivity (Wildman–Crippen MR) is 108 cm³/mol. The number of nitrogens with zero attached hydrogens (tertiary/aromatic N) is 2. The van der Waals surface area contributed by atoms with Crippen molar-refractivity contribution in [1.29, 1.82) is 0 Å². The average Bonchev–Trinajstić information content (AvgIpc) is 3.13. The molecule has 2 aliphatic heterocycles. The number of hydrogen-bond donors (Lipinski definition) is 2. The highest BCUT2D eigenvalue weighted by atomic mass is 35.5. The minimum absolute atomic E-state index is 0. The molecule has 1 aromatic heterocycles. The molecule has 2 aliphatic rings. The van der Waals surface area contributed by atoms with E-state index in [1.807, 2.05) is 0 Å². The first-order valence-corrected chi connectivity index (χ1v) is 9.85. The molecule has 0 saturated carbocycles. The molecule has 0 radical (unpaired) electrons. The summed E-state index contributed by atoms with van der Waals surface area (Å²) in [6, 6.07) is 7.58. The smallest absolute Gasteiger partial charge is 0.226 e. The van der Waals surface area contributed by atoms with Gasteiger partial charge in [0.1, 0.15) is 5.01 Å². The van der Waals surface area contributed by atoms with E-state index in [1.165, 1.54) is 35.3 Å². The predicted octanol–water partition coefficient (Wildman–Crippen LogP) is 4.10. The Kier molecular flexibility index (Phi) is 5.95. The molecule has 2 atom stereocenters. The molecule has 5 nitrogen and oxygen atoms in total. The van der Waals surface area contributed by atoms with Gasteiger partial charge in [-0.05, 0) is 57.6 Å². The van der Waals surface area contributed by atoms with Crippen molar-refractivity contribution in [1.82, 2.24) is 15.5 Å². The highest BCUT2D eigenvalue weighted by molar-refractivity contribution is 7.18. The molecule has 0 spiro atoms. The number of carbonyl (C=O) groups excluding carboxylic acids is 1. The number of halogens is 1. The second kappa shape index (κ2) is 8.03. The van der Waals surface area contributed by atoms with Gasteiger partial charge in [-0.25, -0.2) is 0 Å². The minimum atomic E-state index is 0. The van der Waals surface area contributed by atoms with Gasteiger partial charge in [0.2, 0.25) is 11.0 Å². The van der Waals surface area contributed by atoms with Crippen LogP contribution in [0.4, 0.5) is 5.13 Å². The second-order valence-corrected chi connectivity index (χ2v) is 8.49. The van der Waals surface area contributed by atoms with Gasteiger partial charge in [-0.3, -0.25) is 4.79 Å². The van der Waals surface area contributed by atoms with Crippen LogP contribution >= 0.6 is 23.7 Å². The quantitative estimate of drug-likeness (QED) is 0.821. The summed E-state index contributed by atoms with van der Waals surface area (Å²) in [4.78, 5) is 12.4. The number of benzene rings is 1. The standard InChI is InChI=1S/C19H24N4OS.ClH/c1-11-5-12(2)7-14(6-11)18-22-23-19(25-18)21-17(24)10-13-8-15-3-4-16(9-13)20-15;/h5-7,13,15-16,20H,3-4,8-10H2,1-2H3,(H,21,23,24);1H. The molecule has 2 N–H and O–H groups in total. The van der Waals surface area contributed by atoms with Crippen molar-refractivity contribution in [2.45, 2.75) is 58.0 Å². The van der Waals surface area contributed by atoms with Crippen molar-refractivity contribution < 1.29 is 4.79 Å². The molecular formula is C19H25ClN4OS. The maximum Gasteiger partial charge on any atom is 0.226 e. The van der Waals surface area contributed by atoms with Crippen LogP contribution in [0, 0.1) is 19.8 Å². The van der Waals surface area contributed by atoms with Gasteiger partial charge in [-0.15, -0.1) is 22.6 Å². The molecular weight excluding hydrogens is 368 g/mol. The lowest BCUT2D eigenvalue weighted by molar-refractivity contribution is -0.117. The van der Waals surface area contributed by atoms with Crippen LogP contribution in [0.2, 0.25) is 0 Å². The number of hydrogen-bond acceptors (Lipinski definition) is 5. The normalized spacial score (nSPS) is 24.2. The second-order valence-electron chi connectivity index (χ2n) is 7.52. The van der Waals surface area contributed by atoms with Crippen LogP contribution < -0.4 is 10.6 Å². The van der Waals surface area contributed by atoms with E-state index in [4.69, 9.17) is 0 Å². The monoisotopic (exact) mass is 392 g/mol. The van der Waals surface area contributed by atoms with Crippen LogP contribution in [-0.4, -0.2) is 28.2 Å². The van der Waals surface area contributed by atoms with E-state index in [2.05, 4.69) is 52.9 Å². The van der Waals surface area contributed by atoms with Crippen LogP contribution in [0.1, 0.15) is 43.2 Å². The molecule has 1 aromatic carbocycles. The summed E-state index contributed by atoms with van der Waals surface area (Å²) in [6.07, 6.45) is 5.35. The van der Waals surface area contributed by atoms with Gasteiger partial charge in [-0.1, -0.05) is 28.5 Å². The first-order valence-electron chi connectivity index (χ1n) is 9.03. The number of rotatable bonds is 4.